The normalized spacial score (nSPS) is 26.8. The Labute approximate surface area is 101 Å². The average Bonchev–Trinajstić information content (AvgIpc) is 2.66. The van der Waals surface area contributed by atoms with Crippen LogP contribution in [0.3, 0.4) is 0 Å². The zero-order chi connectivity index (χ0) is 11.2. The third kappa shape index (κ3) is 3.76. The molecule has 0 spiro atoms. The van der Waals surface area contributed by atoms with E-state index in [1.165, 1.54) is 77.0 Å². The van der Waals surface area contributed by atoms with Gasteiger partial charge in [-0.15, -0.1) is 0 Å². The molecule has 0 aliphatic heterocycles. The van der Waals surface area contributed by atoms with Crippen LogP contribution in [-0.2, 0) is 0 Å². The van der Waals surface area contributed by atoms with E-state index in [9.17, 15) is 0 Å². The highest BCUT2D eigenvalue weighted by molar-refractivity contribution is 4.77. The average molecular weight is 223 g/mol. The molecule has 94 valence electrons. The first-order chi connectivity index (χ1) is 7.86. The van der Waals surface area contributed by atoms with Crippen LogP contribution in [0.2, 0.25) is 0 Å². The molecule has 1 atom stereocenters. The van der Waals surface area contributed by atoms with E-state index in [0.29, 0.717) is 6.04 Å². The lowest BCUT2D eigenvalue weighted by molar-refractivity contribution is 0.331. The van der Waals surface area contributed by atoms with Crippen LogP contribution < -0.4 is 5.73 Å². The van der Waals surface area contributed by atoms with Crippen LogP contribution in [0, 0.1) is 11.8 Å². The second kappa shape index (κ2) is 6.64. The Hall–Kier alpha value is -0.0400. The molecule has 0 radical (unpaired) electrons. The maximum Gasteiger partial charge on any atom is 0.00672 e. The zero-order valence-corrected chi connectivity index (χ0v) is 10.8. The van der Waals surface area contributed by atoms with Gasteiger partial charge in [-0.25, -0.2) is 0 Å². The van der Waals surface area contributed by atoms with Gasteiger partial charge in [0.15, 0.2) is 0 Å². The molecule has 2 aliphatic rings. The molecule has 1 unspecified atom stereocenters. The Kier molecular flexibility index (Phi) is 5.15. The molecule has 0 amide bonds. The fraction of sp³-hybridized carbons (Fsp3) is 1.00. The lowest BCUT2D eigenvalue weighted by atomic mass is 9.87. The van der Waals surface area contributed by atoms with Crippen molar-refractivity contribution in [1.82, 2.24) is 0 Å². The van der Waals surface area contributed by atoms with Crippen LogP contribution >= 0.6 is 0 Å². The van der Waals surface area contributed by atoms with E-state index >= 15 is 0 Å². The molecule has 2 saturated carbocycles. The molecule has 0 saturated heterocycles. The second-order valence-corrected chi connectivity index (χ2v) is 6.14. The van der Waals surface area contributed by atoms with E-state index in [0.717, 1.165) is 11.8 Å². The van der Waals surface area contributed by atoms with E-state index < -0.39 is 0 Å². The summed E-state index contributed by atoms with van der Waals surface area (Å²) in [7, 11) is 0. The van der Waals surface area contributed by atoms with Gasteiger partial charge in [-0.05, 0) is 37.5 Å². The second-order valence-electron chi connectivity index (χ2n) is 6.14. The van der Waals surface area contributed by atoms with Crippen molar-refractivity contribution in [1.29, 1.82) is 0 Å². The van der Waals surface area contributed by atoms with Crippen molar-refractivity contribution in [2.24, 2.45) is 17.6 Å². The fourth-order valence-electron chi connectivity index (χ4n) is 3.70. The van der Waals surface area contributed by atoms with Crippen molar-refractivity contribution in [3.05, 3.63) is 0 Å². The first-order valence-electron chi connectivity index (χ1n) is 7.62. The van der Waals surface area contributed by atoms with Crippen molar-refractivity contribution in [3.63, 3.8) is 0 Å². The first kappa shape index (κ1) is 12.4. The summed E-state index contributed by atoms with van der Waals surface area (Å²) in [5.74, 6) is 1.88. The van der Waals surface area contributed by atoms with Gasteiger partial charge in [0.25, 0.3) is 0 Å². The lowest BCUT2D eigenvalue weighted by Gasteiger charge is -2.23. The number of nitrogens with two attached hydrogens (primary N) is 1. The fourth-order valence-corrected chi connectivity index (χ4v) is 3.70. The van der Waals surface area contributed by atoms with Gasteiger partial charge in [0.1, 0.15) is 0 Å². The van der Waals surface area contributed by atoms with Crippen LogP contribution in [0.1, 0.15) is 77.0 Å². The summed E-state index contributed by atoms with van der Waals surface area (Å²) in [6.07, 6.45) is 17.2. The molecular formula is C15H29N. The van der Waals surface area contributed by atoms with Gasteiger partial charge in [-0.3, -0.25) is 0 Å². The van der Waals surface area contributed by atoms with Gasteiger partial charge >= 0.3 is 0 Å². The summed E-state index contributed by atoms with van der Waals surface area (Å²) >= 11 is 0. The Bertz CT molecular complexity index is 176. The summed E-state index contributed by atoms with van der Waals surface area (Å²) in [5, 5.41) is 0. The molecule has 2 rings (SSSR count). The highest BCUT2D eigenvalue weighted by Crippen LogP contribution is 2.31. The third-order valence-corrected chi connectivity index (χ3v) is 4.89. The molecule has 1 nitrogen and oxygen atoms in total. The largest absolute Gasteiger partial charge is 0.327 e. The first-order valence-corrected chi connectivity index (χ1v) is 7.62. The van der Waals surface area contributed by atoms with Crippen molar-refractivity contribution < 1.29 is 0 Å². The topological polar surface area (TPSA) is 26.0 Å². The van der Waals surface area contributed by atoms with Crippen LogP contribution in [0.4, 0.5) is 0 Å². The van der Waals surface area contributed by atoms with Gasteiger partial charge < -0.3 is 5.73 Å². The summed E-state index contributed by atoms with van der Waals surface area (Å²) in [5.41, 5.74) is 6.40. The monoisotopic (exact) mass is 223 g/mol. The van der Waals surface area contributed by atoms with Crippen molar-refractivity contribution in [2.75, 3.05) is 0 Å². The smallest absolute Gasteiger partial charge is 0.00672 e. The summed E-state index contributed by atoms with van der Waals surface area (Å²) in [6.45, 7) is 0. The molecule has 0 heterocycles. The SMILES string of the molecule is NC(CCC1CCCC1)C1CCCCCC1. The minimum atomic E-state index is 0.513. The van der Waals surface area contributed by atoms with E-state index in [2.05, 4.69) is 0 Å². The van der Waals surface area contributed by atoms with Crippen LogP contribution in [-0.4, -0.2) is 6.04 Å². The summed E-state index contributed by atoms with van der Waals surface area (Å²) < 4.78 is 0. The van der Waals surface area contributed by atoms with Crippen molar-refractivity contribution in [2.45, 2.75) is 83.1 Å². The molecule has 2 aliphatic carbocycles. The lowest BCUT2D eigenvalue weighted by Crippen LogP contribution is -2.30. The molecule has 2 fully saturated rings. The number of rotatable bonds is 4. The van der Waals surface area contributed by atoms with Crippen LogP contribution in [0.25, 0.3) is 0 Å². The van der Waals surface area contributed by atoms with E-state index in [1.807, 2.05) is 0 Å². The van der Waals surface area contributed by atoms with Gasteiger partial charge in [0, 0.05) is 6.04 Å². The Morgan fingerprint density at radius 1 is 0.812 bits per heavy atom. The molecule has 0 aromatic carbocycles. The third-order valence-electron chi connectivity index (χ3n) is 4.89. The minimum absolute atomic E-state index is 0.513. The Morgan fingerprint density at radius 3 is 2.00 bits per heavy atom. The standard InChI is InChI=1S/C15H29N/c16-15(12-11-13-7-5-6-8-13)14-9-3-1-2-4-10-14/h13-15H,1-12,16H2. The number of hydrogen-bond acceptors (Lipinski definition) is 1. The van der Waals surface area contributed by atoms with E-state index in [-0.39, 0.29) is 0 Å². The quantitative estimate of drug-likeness (QED) is 0.708. The Balaban J connectivity index is 1.66. The number of hydrogen-bond donors (Lipinski definition) is 1. The van der Waals surface area contributed by atoms with E-state index in [4.69, 9.17) is 5.73 Å². The maximum absolute atomic E-state index is 6.40. The summed E-state index contributed by atoms with van der Waals surface area (Å²) in [6, 6.07) is 0.513. The molecule has 2 N–H and O–H groups in total. The minimum Gasteiger partial charge on any atom is -0.327 e. The molecule has 16 heavy (non-hydrogen) atoms. The van der Waals surface area contributed by atoms with Crippen molar-refractivity contribution >= 4 is 0 Å². The predicted octanol–water partition coefficient (Wildman–Crippen LogP) is 4.25. The van der Waals surface area contributed by atoms with Crippen molar-refractivity contribution in [3.8, 4) is 0 Å². The van der Waals surface area contributed by atoms with Gasteiger partial charge in [-0.1, -0.05) is 51.4 Å². The van der Waals surface area contributed by atoms with Crippen LogP contribution in [0.15, 0.2) is 0 Å². The highest BCUT2D eigenvalue weighted by Gasteiger charge is 2.21. The van der Waals surface area contributed by atoms with E-state index in [1.54, 1.807) is 0 Å². The Morgan fingerprint density at radius 2 is 1.38 bits per heavy atom. The van der Waals surface area contributed by atoms with Gasteiger partial charge in [0.05, 0.1) is 0 Å². The zero-order valence-electron chi connectivity index (χ0n) is 10.8. The maximum atomic E-state index is 6.40. The molecule has 0 bridgehead atoms. The molecule has 0 aromatic heterocycles. The molecule has 1 heteroatoms. The van der Waals surface area contributed by atoms with Crippen LogP contribution in [0.5, 0.6) is 0 Å². The molecular weight excluding hydrogens is 194 g/mol. The van der Waals surface area contributed by atoms with Gasteiger partial charge in [0.2, 0.25) is 0 Å². The van der Waals surface area contributed by atoms with Gasteiger partial charge in [-0.2, -0.15) is 0 Å². The molecule has 0 aromatic rings. The summed E-state index contributed by atoms with van der Waals surface area (Å²) in [4.78, 5) is 0. The predicted molar refractivity (Wildman–Crippen MR) is 70.4 cm³/mol. The highest BCUT2D eigenvalue weighted by atomic mass is 14.6.